The molecule has 2 aliphatic rings. The second-order valence-electron chi connectivity index (χ2n) is 13.1. The van der Waals surface area contributed by atoms with E-state index in [2.05, 4.69) is 36.4 Å². The number of carbonyl (C=O) groups excluding carboxylic acids is 1. The maximum atomic E-state index is 13.5. The van der Waals surface area contributed by atoms with E-state index < -0.39 is 6.16 Å². The summed E-state index contributed by atoms with van der Waals surface area (Å²) in [5.41, 5.74) is 5.55. The second kappa shape index (κ2) is 16.3. The molecule has 2 N–H and O–H groups in total. The number of nitrogens with zero attached hydrogens (tertiary/aromatic N) is 6. The van der Waals surface area contributed by atoms with E-state index in [0.29, 0.717) is 54.8 Å². The summed E-state index contributed by atoms with van der Waals surface area (Å²) in [4.78, 5) is 39.4. The maximum Gasteiger partial charge on any atom is 0.512 e. The van der Waals surface area contributed by atoms with Gasteiger partial charge < -0.3 is 24.2 Å². The summed E-state index contributed by atoms with van der Waals surface area (Å²) >= 11 is 2.84. The Labute approximate surface area is 319 Å². The van der Waals surface area contributed by atoms with Gasteiger partial charge in [0.15, 0.2) is 10.3 Å². The zero-order valence-electron chi connectivity index (χ0n) is 29.5. The van der Waals surface area contributed by atoms with Crippen molar-refractivity contribution in [2.24, 2.45) is 0 Å². The Morgan fingerprint density at radius 2 is 1.78 bits per heavy atom. The van der Waals surface area contributed by atoms with E-state index in [4.69, 9.17) is 14.2 Å². The van der Waals surface area contributed by atoms with Gasteiger partial charge >= 0.3 is 6.16 Å². The third kappa shape index (κ3) is 8.39. The number of anilines is 2. The van der Waals surface area contributed by atoms with Gasteiger partial charge in [-0.3, -0.25) is 19.7 Å². The smallest absolute Gasteiger partial charge is 0.494 e. The standard InChI is InChI=1S/C39H39N7O6S2/c47-35(42-37-41-32-7-1-2-8-33(32)53-37)30-6-3-5-27-14-15-45(25-31(27)30)38-43-36(52-39(48)49)34(54-38)9-4-20-51-29-12-10-26(11-13-29)28-23-40-46(24-28)17-16-44-18-21-50-22-19-44/h1-3,5-8,10-13,23-24H,4,9,14-22,25H2,(H,48,49)(H,41,42,47). The number of benzene rings is 3. The van der Waals surface area contributed by atoms with Crippen molar-refractivity contribution < 1.29 is 28.9 Å². The monoisotopic (exact) mass is 765 g/mol. The molecule has 0 spiro atoms. The van der Waals surface area contributed by atoms with Crippen LogP contribution in [-0.2, 0) is 30.7 Å². The number of nitrogens with one attached hydrogen (secondary N) is 1. The second-order valence-corrected chi connectivity index (χ2v) is 15.2. The van der Waals surface area contributed by atoms with Gasteiger partial charge in [0.1, 0.15) is 5.75 Å². The number of aromatic nitrogens is 4. The summed E-state index contributed by atoms with van der Waals surface area (Å²) in [5.74, 6) is 0.619. The van der Waals surface area contributed by atoms with Gasteiger partial charge in [0.2, 0.25) is 5.88 Å². The van der Waals surface area contributed by atoms with Crippen LogP contribution >= 0.6 is 22.7 Å². The quantitative estimate of drug-likeness (QED) is 0.0943. The Morgan fingerprint density at radius 1 is 0.926 bits per heavy atom. The minimum atomic E-state index is -1.41. The van der Waals surface area contributed by atoms with E-state index in [1.807, 2.05) is 77.6 Å². The summed E-state index contributed by atoms with van der Waals surface area (Å²) in [7, 11) is 0. The van der Waals surface area contributed by atoms with Crippen LogP contribution in [0.1, 0.15) is 32.8 Å². The van der Waals surface area contributed by atoms with Crippen molar-refractivity contribution in [2.75, 3.05) is 56.2 Å². The molecule has 5 heterocycles. The lowest BCUT2D eigenvalue weighted by molar-refractivity contribution is 0.0360. The summed E-state index contributed by atoms with van der Waals surface area (Å²) < 4.78 is 19.6. The molecule has 2 aliphatic heterocycles. The lowest BCUT2D eigenvalue weighted by Crippen LogP contribution is -2.38. The van der Waals surface area contributed by atoms with E-state index in [-0.39, 0.29) is 11.8 Å². The summed E-state index contributed by atoms with van der Waals surface area (Å²) in [6.07, 6.45) is 4.42. The van der Waals surface area contributed by atoms with E-state index in [0.717, 1.165) is 82.5 Å². The highest BCUT2D eigenvalue weighted by molar-refractivity contribution is 7.22. The number of fused-ring (bicyclic) bond motifs is 2. The predicted octanol–water partition coefficient (Wildman–Crippen LogP) is 6.83. The highest BCUT2D eigenvalue weighted by Crippen LogP contribution is 2.36. The van der Waals surface area contributed by atoms with Crippen molar-refractivity contribution in [1.82, 2.24) is 24.6 Å². The van der Waals surface area contributed by atoms with Crippen LogP contribution < -0.4 is 19.7 Å². The topological polar surface area (TPSA) is 144 Å². The number of para-hydroxylation sites is 1. The first-order valence-corrected chi connectivity index (χ1v) is 19.6. The van der Waals surface area contributed by atoms with E-state index >= 15 is 0 Å². The molecule has 8 rings (SSSR count). The van der Waals surface area contributed by atoms with Crippen LogP contribution in [-0.4, -0.2) is 87.8 Å². The molecule has 1 amide bonds. The SMILES string of the molecule is O=C(O)Oc1nc(N2CCc3cccc(C(=O)Nc4nc5ccccc5s4)c3C2)sc1CCCOc1ccc(-c2cnn(CCN3CCOCC3)c2)cc1. The van der Waals surface area contributed by atoms with Crippen molar-refractivity contribution in [3.8, 4) is 22.8 Å². The molecular weight excluding hydrogens is 727 g/mol. The minimum absolute atomic E-state index is 0.0880. The molecule has 0 radical (unpaired) electrons. The van der Waals surface area contributed by atoms with Crippen molar-refractivity contribution in [1.29, 1.82) is 0 Å². The number of hydrogen-bond donors (Lipinski definition) is 2. The molecular formula is C39H39N7O6S2. The molecule has 0 bridgehead atoms. The molecule has 0 unspecified atom stereocenters. The summed E-state index contributed by atoms with van der Waals surface area (Å²) in [6, 6.07) is 21.5. The first-order chi connectivity index (χ1) is 26.4. The molecule has 278 valence electrons. The molecule has 3 aromatic heterocycles. The molecule has 0 atom stereocenters. The summed E-state index contributed by atoms with van der Waals surface area (Å²) in [6.45, 7) is 6.84. The first kappa shape index (κ1) is 35.7. The fourth-order valence-electron chi connectivity index (χ4n) is 6.70. The minimum Gasteiger partial charge on any atom is -0.494 e. The van der Waals surface area contributed by atoms with E-state index in [1.54, 1.807) is 0 Å². The lowest BCUT2D eigenvalue weighted by atomic mass is 9.94. The number of morpholine rings is 1. The normalized spacial score (nSPS) is 14.6. The molecule has 15 heteroatoms. The molecule has 0 saturated carbocycles. The van der Waals surface area contributed by atoms with Crippen LogP contribution in [0.15, 0.2) is 79.1 Å². The Bertz CT molecular complexity index is 2210. The number of rotatable bonds is 13. The number of amides is 1. The molecule has 54 heavy (non-hydrogen) atoms. The Hall–Kier alpha value is -5.35. The zero-order chi connectivity index (χ0) is 36.9. The average Bonchev–Trinajstić information content (AvgIpc) is 3.94. The van der Waals surface area contributed by atoms with Crippen LogP contribution in [0.25, 0.3) is 21.3 Å². The van der Waals surface area contributed by atoms with Gasteiger partial charge in [-0.25, -0.2) is 9.78 Å². The highest BCUT2D eigenvalue weighted by Gasteiger charge is 2.26. The zero-order valence-corrected chi connectivity index (χ0v) is 31.1. The van der Waals surface area contributed by atoms with Gasteiger partial charge in [-0.1, -0.05) is 59.1 Å². The van der Waals surface area contributed by atoms with Crippen LogP contribution in [0.4, 0.5) is 15.1 Å². The largest absolute Gasteiger partial charge is 0.512 e. The number of ether oxygens (including phenoxy) is 3. The van der Waals surface area contributed by atoms with E-state index in [9.17, 15) is 14.7 Å². The number of hydrogen-bond acceptors (Lipinski definition) is 12. The summed E-state index contributed by atoms with van der Waals surface area (Å²) in [5, 5.41) is 18.2. The average molecular weight is 766 g/mol. The van der Waals surface area contributed by atoms with Crippen LogP contribution in [0, 0.1) is 0 Å². The lowest BCUT2D eigenvalue weighted by Gasteiger charge is -2.29. The van der Waals surface area contributed by atoms with Crippen LogP contribution in [0.3, 0.4) is 0 Å². The number of carboxylic acid groups (broad SMARTS) is 1. The molecule has 13 nitrogen and oxygen atoms in total. The molecule has 0 aliphatic carbocycles. The first-order valence-electron chi connectivity index (χ1n) is 17.9. The van der Waals surface area contributed by atoms with Gasteiger partial charge in [-0.2, -0.15) is 10.1 Å². The number of carbonyl (C=O) groups is 2. The molecule has 1 fully saturated rings. The third-order valence-electron chi connectivity index (χ3n) is 9.52. The maximum absolute atomic E-state index is 13.5. The van der Waals surface area contributed by atoms with Crippen molar-refractivity contribution in [3.05, 3.63) is 101 Å². The van der Waals surface area contributed by atoms with Crippen molar-refractivity contribution in [2.45, 2.75) is 32.4 Å². The number of thiazole rings is 2. The van der Waals surface area contributed by atoms with Gasteiger partial charge in [0.25, 0.3) is 5.91 Å². The van der Waals surface area contributed by atoms with Gasteiger partial charge in [0.05, 0.1) is 47.7 Å². The van der Waals surface area contributed by atoms with Gasteiger partial charge in [-0.05, 0) is 66.3 Å². The molecule has 1 saturated heterocycles. The third-order valence-corrected chi connectivity index (χ3v) is 11.6. The van der Waals surface area contributed by atoms with Crippen LogP contribution in [0.5, 0.6) is 11.6 Å². The Balaban J connectivity index is 0.871. The highest BCUT2D eigenvalue weighted by atomic mass is 32.1. The molecule has 3 aromatic carbocycles. The fourth-order valence-corrected chi connectivity index (χ4v) is 8.61. The van der Waals surface area contributed by atoms with Crippen LogP contribution in [0.2, 0.25) is 0 Å². The Kier molecular flexibility index (Phi) is 10.8. The predicted molar refractivity (Wildman–Crippen MR) is 208 cm³/mol. The Morgan fingerprint density at radius 3 is 2.61 bits per heavy atom. The number of aryl methyl sites for hydroxylation is 1. The van der Waals surface area contributed by atoms with Gasteiger partial charge in [-0.15, -0.1) is 0 Å². The molecule has 6 aromatic rings. The fraction of sp³-hybridized carbons (Fsp3) is 0.308. The van der Waals surface area contributed by atoms with Crippen molar-refractivity contribution in [3.63, 3.8) is 0 Å². The van der Waals surface area contributed by atoms with Crippen molar-refractivity contribution >= 4 is 55.2 Å². The van der Waals surface area contributed by atoms with Gasteiger partial charge in [0, 0.05) is 50.0 Å². The van der Waals surface area contributed by atoms with E-state index in [1.165, 1.54) is 22.7 Å².